The molecule has 0 unspecified atom stereocenters. The molecule has 0 spiro atoms. The van der Waals surface area contributed by atoms with Crippen LogP contribution >= 0.6 is 0 Å². The molecule has 12 rings (SSSR count). The quantitative estimate of drug-likeness (QED) is 0.138. The van der Waals surface area contributed by atoms with Crippen LogP contribution in [0, 0.1) is 23.7 Å². The van der Waals surface area contributed by atoms with Crippen molar-refractivity contribution in [1.29, 1.82) is 0 Å². The number of Topliss-reactive ketones (excluding diaryl/α,β-unsaturated/α-hetero) is 2. The van der Waals surface area contributed by atoms with E-state index in [9.17, 15) is 9.59 Å². The molecule has 0 saturated heterocycles. The van der Waals surface area contributed by atoms with Crippen molar-refractivity contribution in [3.8, 4) is 0 Å². The van der Waals surface area contributed by atoms with Gasteiger partial charge in [0.15, 0.2) is 11.6 Å². The SMILES string of the molecule is CC1(C)c2ccccc2N(c2ccc(C3C4CC5CC(C4)CC3C5)cc2)c2ccc3cc(C=C4C(=O)c5cc6ccccc6cc5C4=O)ccc3c21. The molecule has 52 heavy (non-hydrogen) atoms. The van der Waals surface area contributed by atoms with Crippen molar-refractivity contribution in [3.05, 3.63) is 154 Å². The van der Waals surface area contributed by atoms with E-state index in [1.54, 1.807) is 11.6 Å². The summed E-state index contributed by atoms with van der Waals surface area (Å²) in [7, 11) is 0. The van der Waals surface area contributed by atoms with Crippen molar-refractivity contribution in [2.24, 2.45) is 23.7 Å². The second-order valence-electron chi connectivity index (χ2n) is 16.9. The summed E-state index contributed by atoms with van der Waals surface area (Å²) in [4.78, 5) is 29.6. The Balaban J connectivity index is 0.983. The van der Waals surface area contributed by atoms with Crippen LogP contribution in [0.25, 0.3) is 27.6 Å². The first-order chi connectivity index (χ1) is 25.3. The highest BCUT2D eigenvalue weighted by Crippen LogP contribution is 2.60. The van der Waals surface area contributed by atoms with Gasteiger partial charge >= 0.3 is 0 Å². The number of anilines is 3. The summed E-state index contributed by atoms with van der Waals surface area (Å²) in [6.45, 7) is 4.67. The van der Waals surface area contributed by atoms with Crippen LogP contribution in [0.4, 0.5) is 17.1 Å². The molecule has 4 bridgehead atoms. The highest BCUT2D eigenvalue weighted by Gasteiger charge is 2.48. The van der Waals surface area contributed by atoms with Gasteiger partial charge in [0.25, 0.3) is 0 Å². The monoisotopic (exact) mass is 675 g/mol. The fourth-order valence-corrected chi connectivity index (χ4v) is 11.6. The molecule has 0 aromatic heterocycles. The molecule has 5 aliphatic carbocycles. The highest BCUT2D eigenvalue weighted by atomic mass is 16.2. The smallest absolute Gasteiger partial charge is 0.197 e. The predicted octanol–water partition coefficient (Wildman–Crippen LogP) is 12.1. The van der Waals surface area contributed by atoms with Crippen LogP contribution in [0.15, 0.2) is 121 Å². The number of nitrogens with zero attached hydrogens (tertiary/aromatic N) is 1. The summed E-state index contributed by atoms with van der Waals surface area (Å²) in [5.41, 5.74) is 9.60. The Morgan fingerprint density at radius 3 is 1.92 bits per heavy atom. The lowest BCUT2D eigenvalue weighted by Crippen LogP contribution is -2.43. The minimum Gasteiger partial charge on any atom is -0.310 e. The zero-order chi connectivity index (χ0) is 34.9. The van der Waals surface area contributed by atoms with Crippen LogP contribution in [0.2, 0.25) is 0 Å². The Kier molecular flexibility index (Phi) is 6.34. The molecule has 4 fully saturated rings. The average molecular weight is 676 g/mol. The van der Waals surface area contributed by atoms with Gasteiger partial charge in [-0.25, -0.2) is 0 Å². The number of fused-ring (bicyclic) bond motifs is 6. The van der Waals surface area contributed by atoms with E-state index < -0.39 is 0 Å². The molecule has 0 N–H and O–H groups in total. The molecular weight excluding hydrogens is 635 g/mol. The summed E-state index contributed by atoms with van der Waals surface area (Å²) in [6.07, 6.45) is 9.01. The Bertz CT molecular complexity index is 2470. The third-order valence-corrected chi connectivity index (χ3v) is 13.6. The number of benzene rings is 6. The third kappa shape index (κ3) is 4.32. The van der Waals surface area contributed by atoms with Gasteiger partial charge < -0.3 is 4.90 Å². The van der Waals surface area contributed by atoms with E-state index in [2.05, 4.69) is 97.6 Å². The first kappa shape index (κ1) is 30.4. The Hall–Kier alpha value is -5.28. The molecular formula is C49H41NO2. The maximum atomic E-state index is 13.6. The summed E-state index contributed by atoms with van der Waals surface area (Å²) < 4.78 is 0. The lowest BCUT2D eigenvalue weighted by Gasteiger charge is -2.54. The van der Waals surface area contributed by atoms with Gasteiger partial charge in [-0.3, -0.25) is 9.59 Å². The zero-order valence-corrected chi connectivity index (χ0v) is 29.7. The van der Waals surface area contributed by atoms with Crippen molar-refractivity contribution in [1.82, 2.24) is 0 Å². The second-order valence-corrected chi connectivity index (χ2v) is 16.9. The van der Waals surface area contributed by atoms with Gasteiger partial charge in [-0.2, -0.15) is 0 Å². The number of allylic oxidation sites excluding steroid dienone is 1. The average Bonchev–Trinajstić information content (AvgIpc) is 3.37. The van der Waals surface area contributed by atoms with Crippen molar-refractivity contribution in [3.63, 3.8) is 0 Å². The molecule has 6 aliphatic rings. The van der Waals surface area contributed by atoms with Gasteiger partial charge in [-0.1, -0.05) is 86.6 Å². The maximum absolute atomic E-state index is 13.6. The summed E-state index contributed by atoms with van der Waals surface area (Å²) in [6, 6.07) is 41.0. The second kappa shape index (κ2) is 10.9. The van der Waals surface area contributed by atoms with Crippen LogP contribution in [0.5, 0.6) is 0 Å². The molecule has 1 heterocycles. The normalized spacial score (nSPS) is 25.1. The molecule has 0 atom stereocenters. The van der Waals surface area contributed by atoms with Gasteiger partial charge in [0.2, 0.25) is 0 Å². The van der Waals surface area contributed by atoms with Crippen LogP contribution in [-0.2, 0) is 5.41 Å². The van der Waals surface area contributed by atoms with Gasteiger partial charge in [-0.05, 0) is 154 Å². The fourth-order valence-electron chi connectivity index (χ4n) is 11.6. The van der Waals surface area contributed by atoms with E-state index in [0.29, 0.717) is 11.1 Å². The van der Waals surface area contributed by atoms with Crippen LogP contribution in [0.3, 0.4) is 0 Å². The van der Waals surface area contributed by atoms with Gasteiger partial charge in [0.1, 0.15) is 0 Å². The van der Waals surface area contributed by atoms with Crippen molar-refractivity contribution >= 4 is 56.2 Å². The highest BCUT2D eigenvalue weighted by molar-refractivity contribution is 6.42. The van der Waals surface area contributed by atoms with E-state index in [-0.39, 0.29) is 22.6 Å². The van der Waals surface area contributed by atoms with E-state index in [0.717, 1.165) is 51.3 Å². The van der Waals surface area contributed by atoms with Crippen molar-refractivity contribution in [2.45, 2.75) is 57.3 Å². The van der Waals surface area contributed by atoms with Crippen LogP contribution < -0.4 is 4.90 Å². The lowest BCUT2D eigenvalue weighted by molar-refractivity contribution is -0.00277. The number of hydrogen-bond acceptors (Lipinski definition) is 3. The molecule has 3 nitrogen and oxygen atoms in total. The Morgan fingerprint density at radius 1 is 0.615 bits per heavy atom. The molecule has 0 amide bonds. The third-order valence-electron chi connectivity index (χ3n) is 13.6. The Labute approximate surface area is 305 Å². The molecule has 6 aromatic carbocycles. The first-order valence-corrected chi connectivity index (χ1v) is 19.2. The van der Waals surface area contributed by atoms with Crippen LogP contribution in [-0.4, -0.2) is 11.6 Å². The number of ketones is 2. The summed E-state index contributed by atoms with van der Waals surface area (Å²) >= 11 is 0. The summed E-state index contributed by atoms with van der Waals surface area (Å²) in [5.74, 6) is 4.03. The summed E-state index contributed by atoms with van der Waals surface area (Å²) in [5, 5.41) is 4.22. The van der Waals surface area contributed by atoms with Gasteiger partial charge in [-0.15, -0.1) is 0 Å². The predicted molar refractivity (Wildman–Crippen MR) is 211 cm³/mol. The number of carbonyl (C=O) groups excluding carboxylic acids is 2. The molecule has 6 aromatic rings. The minimum absolute atomic E-state index is 0.195. The lowest BCUT2D eigenvalue weighted by atomic mass is 9.51. The largest absolute Gasteiger partial charge is 0.310 e. The standard InChI is InChI=1S/C49H41NO2/c1-49(2)42-9-5-6-10-43(42)50(37-15-12-31(13-16-37)45-35-21-29-19-30(23-35)24-36(45)22-29)44-18-14-34-20-28(11-17-38(34)46(44)49)25-41-47(51)39-26-32-7-3-4-8-33(32)27-40(39)48(41)52/h3-18,20,25-27,29-30,35-36,45H,19,21-24H2,1-2H3. The van der Waals surface area contributed by atoms with E-state index in [1.807, 2.05) is 36.4 Å². The van der Waals surface area contributed by atoms with Crippen molar-refractivity contribution < 1.29 is 9.59 Å². The van der Waals surface area contributed by atoms with E-state index >= 15 is 0 Å². The van der Waals surface area contributed by atoms with Crippen molar-refractivity contribution in [2.75, 3.05) is 4.90 Å². The number of para-hydroxylation sites is 1. The molecule has 3 heteroatoms. The molecule has 0 radical (unpaired) electrons. The van der Waals surface area contributed by atoms with Gasteiger partial charge in [0, 0.05) is 22.2 Å². The molecule has 254 valence electrons. The zero-order valence-electron chi connectivity index (χ0n) is 29.7. The topological polar surface area (TPSA) is 37.4 Å². The van der Waals surface area contributed by atoms with E-state index in [4.69, 9.17) is 0 Å². The number of carbonyl (C=O) groups is 2. The Morgan fingerprint density at radius 2 is 1.25 bits per heavy atom. The maximum Gasteiger partial charge on any atom is 0.197 e. The number of rotatable bonds is 3. The minimum atomic E-state index is -0.247. The van der Waals surface area contributed by atoms with Crippen LogP contribution in [0.1, 0.15) is 94.8 Å². The molecule has 4 saturated carbocycles. The number of hydrogen-bond donors (Lipinski definition) is 0. The fraction of sp³-hybridized carbons (Fsp3) is 0.265. The van der Waals surface area contributed by atoms with E-state index in [1.165, 1.54) is 65.7 Å². The van der Waals surface area contributed by atoms with Gasteiger partial charge in [0.05, 0.1) is 16.9 Å². The molecule has 1 aliphatic heterocycles. The first-order valence-electron chi connectivity index (χ1n) is 19.2.